The summed E-state index contributed by atoms with van der Waals surface area (Å²) in [5.74, 6) is 0.998. The van der Waals surface area contributed by atoms with Crippen LogP contribution in [0.15, 0.2) is 36.4 Å². The molecule has 0 fully saturated rings. The Kier molecular flexibility index (Phi) is 2.88. The van der Waals surface area contributed by atoms with E-state index in [0.717, 1.165) is 36.3 Å². The smallest absolute Gasteiger partial charge is 0.122 e. The fraction of sp³-hybridized carbons (Fsp3) is 0.200. The highest BCUT2D eigenvalue weighted by Crippen LogP contribution is 2.33. The number of fused-ring (bicyclic) bond motifs is 1. The number of halogens is 1. The maximum atomic E-state index is 6.01. The van der Waals surface area contributed by atoms with E-state index in [9.17, 15) is 0 Å². The van der Waals surface area contributed by atoms with Gasteiger partial charge in [0.1, 0.15) is 5.75 Å². The van der Waals surface area contributed by atoms with Crippen molar-refractivity contribution in [3.05, 3.63) is 47.0 Å². The van der Waals surface area contributed by atoms with Gasteiger partial charge < -0.3 is 10.5 Å². The van der Waals surface area contributed by atoms with Gasteiger partial charge in [0.2, 0.25) is 0 Å². The van der Waals surface area contributed by atoms with Gasteiger partial charge in [-0.3, -0.25) is 0 Å². The first-order chi connectivity index (χ1) is 8.74. The first-order valence-corrected chi connectivity index (χ1v) is 6.43. The molecule has 2 nitrogen and oxygen atoms in total. The van der Waals surface area contributed by atoms with Crippen LogP contribution in [0.5, 0.6) is 5.75 Å². The van der Waals surface area contributed by atoms with Gasteiger partial charge in [0, 0.05) is 16.3 Å². The number of hydrogen-bond acceptors (Lipinski definition) is 2. The molecule has 3 heteroatoms. The molecule has 3 rings (SSSR count). The highest BCUT2D eigenvalue weighted by molar-refractivity contribution is 6.31. The summed E-state index contributed by atoms with van der Waals surface area (Å²) >= 11 is 5.92. The van der Waals surface area contributed by atoms with E-state index in [1.165, 1.54) is 5.56 Å². The Labute approximate surface area is 111 Å². The van der Waals surface area contributed by atoms with Crippen LogP contribution in [0.4, 0.5) is 5.69 Å². The number of nitrogens with two attached hydrogens (primary N) is 1. The van der Waals surface area contributed by atoms with E-state index in [-0.39, 0.29) is 0 Å². The molecule has 0 unspecified atom stereocenters. The predicted octanol–water partition coefficient (Wildman–Crippen LogP) is 3.91. The van der Waals surface area contributed by atoms with Crippen molar-refractivity contribution in [1.29, 1.82) is 0 Å². The van der Waals surface area contributed by atoms with E-state index in [2.05, 4.69) is 6.07 Å². The lowest BCUT2D eigenvalue weighted by atomic mass is 9.98. The molecule has 0 bridgehead atoms. The Morgan fingerprint density at radius 1 is 1.11 bits per heavy atom. The van der Waals surface area contributed by atoms with Crippen molar-refractivity contribution < 1.29 is 4.74 Å². The zero-order valence-corrected chi connectivity index (χ0v) is 10.7. The van der Waals surface area contributed by atoms with E-state index in [0.29, 0.717) is 10.7 Å². The molecule has 92 valence electrons. The summed E-state index contributed by atoms with van der Waals surface area (Å²) < 4.78 is 5.61. The summed E-state index contributed by atoms with van der Waals surface area (Å²) in [6.45, 7) is 0.815. The molecule has 0 radical (unpaired) electrons. The average Bonchev–Trinajstić information content (AvgIpc) is 2.38. The normalized spacial score (nSPS) is 13.8. The van der Waals surface area contributed by atoms with Crippen LogP contribution in [0.1, 0.15) is 12.0 Å². The van der Waals surface area contributed by atoms with E-state index in [1.807, 2.05) is 24.3 Å². The van der Waals surface area contributed by atoms with Crippen molar-refractivity contribution in [1.82, 2.24) is 0 Å². The van der Waals surface area contributed by atoms with E-state index >= 15 is 0 Å². The molecule has 18 heavy (non-hydrogen) atoms. The summed E-state index contributed by atoms with van der Waals surface area (Å²) in [5.41, 5.74) is 10.1. The van der Waals surface area contributed by atoms with Crippen LogP contribution in [0, 0.1) is 0 Å². The van der Waals surface area contributed by atoms with Gasteiger partial charge in [-0.15, -0.1) is 0 Å². The van der Waals surface area contributed by atoms with Crippen LogP contribution in [-0.2, 0) is 6.42 Å². The second-order valence-corrected chi connectivity index (χ2v) is 4.94. The van der Waals surface area contributed by atoms with Crippen LogP contribution in [-0.4, -0.2) is 6.61 Å². The molecule has 0 spiro atoms. The van der Waals surface area contributed by atoms with E-state index in [1.54, 1.807) is 6.07 Å². The van der Waals surface area contributed by atoms with Gasteiger partial charge in [0.05, 0.1) is 6.61 Å². The highest BCUT2D eigenvalue weighted by Gasteiger charge is 2.12. The minimum atomic E-state index is 0.664. The lowest BCUT2D eigenvalue weighted by Gasteiger charge is -2.18. The van der Waals surface area contributed by atoms with Gasteiger partial charge in [-0.25, -0.2) is 0 Å². The monoisotopic (exact) mass is 259 g/mol. The maximum absolute atomic E-state index is 6.01. The molecule has 0 aromatic heterocycles. The number of anilines is 1. The van der Waals surface area contributed by atoms with Crippen molar-refractivity contribution in [3.63, 3.8) is 0 Å². The molecule has 2 aromatic carbocycles. The molecule has 1 heterocycles. The molecule has 2 N–H and O–H groups in total. The van der Waals surface area contributed by atoms with E-state index < -0.39 is 0 Å². The predicted molar refractivity (Wildman–Crippen MR) is 75.1 cm³/mol. The topological polar surface area (TPSA) is 35.2 Å². The molecule has 0 aliphatic carbocycles. The fourth-order valence-corrected chi connectivity index (χ4v) is 2.50. The minimum absolute atomic E-state index is 0.664. The van der Waals surface area contributed by atoms with Crippen LogP contribution >= 0.6 is 11.6 Å². The summed E-state index contributed by atoms with van der Waals surface area (Å²) in [6.07, 6.45) is 2.14. The lowest BCUT2D eigenvalue weighted by Crippen LogP contribution is -2.08. The molecule has 0 saturated carbocycles. The standard InChI is InChI=1S/C15H14ClNO/c16-12-4-5-13(14(17)9-12)10-3-6-15-11(8-10)2-1-7-18-15/h3-6,8-9H,1-2,7,17H2. The van der Waals surface area contributed by atoms with E-state index in [4.69, 9.17) is 22.1 Å². The molecule has 0 amide bonds. The Balaban J connectivity index is 2.06. The zero-order valence-electron chi connectivity index (χ0n) is 9.95. The Morgan fingerprint density at radius 2 is 2.00 bits per heavy atom. The third-order valence-corrected chi connectivity index (χ3v) is 3.47. The molecule has 0 atom stereocenters. The SMILES string of the molecule is Nc1cc(Cl)ccc1-c1ccc2c(c1)CCCO2. The fourth-order valence-electron chi connectivity index (χ4n) is 2.32. The molecular formula is C15H14ClNO. The minimum Gasteiger partial charge on any atom is -0.493 e. The maximum Gasteiger partial charge on any atom is 0.122 e. The second kappa shape index (κ2) is 4.54. The number of aryl methyl sites for hydroxylation is 1. The van der Waals surface area contributed by atoms with Crippen molar-refractivity contribution in [2.45, 2.75) is 12.8 Å². The number of hydrogen-bond donors (Lipinski definition) is 1. The van der Waals surface area contributed by atoms with Gasteiger partial charge in [-0.05, 0) is 48.2 Å². The van der Waals surface area contributed by atoms with Crippen molar-refractivity contribution in [2.75, 3.05) is 12.3 Å². The number of nitrogen functional groups attached to an aromatic ring is 1. The van der Waals surface area contributed by atoms with Gasteiger partial charge >= 0.3 is 0 Å². The van der Waals surface area contributed by atoms with Crippen LogP contribution < -0.4 is 10.5 Å². The summed E-state index contributed by atoms with van der Waals surface area (Å²) in [5, 5.41) is 0.664. The molecular weight excluding hydrogens is 246 g/mol. The first-order valence-electron chi connectivity index (χ1n) is 6.05. The van der Waals surface area contributed by atoms with Gasteiger partial charge in [0.15, 0.2) is 0 Å². The molecule has 0 saturated heterocycles. The lowest BCUT2D eigenvalue weighted by molar-refractivity contribution is 0.288. The third kappa shape index (κ3) is 2.04. The highest BCUT2D eigenvalue weighted by atomic mass is 35.5. The second-order valence-electron chi connectivity index (χ2n) is 4.51. The zero-order chi connectivity index (χ0) is 12.5. The molecule has 1 aliphatic rings. The number of benzene rings is 2. The number of rotatable bonds is 1. The quantitative estimate of drug-likeness (QED) is 0.788. The molecule has 2 aromatic rings. The Morgan fingerprint density at radius 3 is 2.83 bits per heavy atom. The number of ether oxygens (including phenoxy) is 1. The van der Waals surface area contributed by atoms with Crippen molar-refractivity contribution in [2.24, 2.45) is 0 Å². The summed E-state index contributed by atoms with van der Waals surface area (Å²) in [7, 11) is 0. The average molecular weight is 260 g/mol. The van der Waals surface area contributed by atoms with Gasteiger partial charge in [-0.2, -0.15) is 0 Å². The van der Waals surface area contributed by atoms with Crippen molar-refractivity contribution >= 4 is 17.3 Å². The van der Waals surface area contributed by atoms with Gasteiger partial charge in [-0.1, -0.05) is 23.7 Å². The van der Waals surface area contributed by atoms with Crippen LogP contribution in [0.2, 0.25) is 5.02 Å². The molecule has 1 aliphatic heterocycles. The Bertz CT molecular complexity index is 595. The van der Waals surface area contributed by atoms with Crippen molar-refractivity contribution in [3.8, 4) is 16.9 Å². The third-order valence-electron chi connectivity index (χ3n) is 3.23. The van der Waals surface area contributed by atoms with Gasteiger partial charge in [0.25, 0.3) is 0 Å². The van der Waals surface area contributed by atoms with Crippen LogP contribution in [0.25, 0.3) is 11.1 Å². The first kappa shape index (κ1) is 11.4. The summed E-state index contributed by atoms with van der Waals surface area (Å²) in [6, 6.07) is 11.8. The Hall–Kier alpha value is -1.67. The largest absolute Gasteiger partial charge is 0.493 e. The van der Waals surface area contributed by atoms with Crippen LogP contribution in [0.3, 0.4) is 0 Å². The summed E-state index contributed by atoms with van der Waals surface area (Å²) in [4.78, 5) is 0.